The van der Waals surface area contributed by atoms with Gasteiger partial charge in [-0.1, -0.05) is 11.8 Å². The first-order valence-corrected chi connectivity index (χ1v) is 6.25. The Hall–Kier alpha value is -1.28. The third-order valence-corrected chi connectivity index (χ3v) is 3.31. The van der Waals surface area contributed by atoms with E-state index in [2.05, 4.69) is 15.1 Å². The molecule has 0 unspecified atom stereocenters. The zero-order chi connectivity index (χ0) is 14.2. The number of nitrogens with zero attached hydrogens (tertiary/aromatic N) is 4. The minimum atomic E-state index is -4.55. The normalized spacial score (nSPS) is 11.9. The van der Waals surface area contributed by atoms with Gasteiger partial charge in [-0.05, 0) is 24.6 Å². The van der Waals surface area contributed by atoms with Crippen molar-refractivity contribution in [2.24, 2.45) is 7.05 Å². The molecule has 4 nitrogen and oxygen atoms in total. The summed E-state index contributed by atoms with van der Waals surface area (Å²) in [5.41, 5.74) is -0.296. The number of hydrogen-bond donors (Lipinski definition) is 0. The molecule has 0 atom stereocenters. The zero-order valence-electron chi connectivity index (χ0n) is 9.86. The summed E-state index contributed by atoms with van der Waals surface area (Å²) >= 11 is 6.55. The van der Waals surface area contributed by atoms with Crippen LogP contribution >= 0.6 is 23.4 Å². The van der Waals surface area contributed by atoms with Crippen molar-refractivity contribution in [2.75, 3.05) is 0 Å². The van der Waals surface area contributed by atoms with Gasteiger partial charge in [0.1, 0.15) is 10.1 Å². The first kappa shape index (κ1) is 14.1. The van der Waals surface area contributed by atoms with Crippen molar-refractivity contribution in [2.45, 2.75) is 23.2 Å². The van der Waals surface area contributed by atoms with E-state index in [1.54, 1.807) is 24.7 Å². The van der Waals surface area contributed by atoms with E-state index >= 15 is 0 Å². The largest absolute Gasteiger partial charge is 0.433 e. The molecule has 0 spiro atoms. The average molecular weight is 309 g/mol. The summed E-state index contributed by atoms with van der Waals surface area (Å²) in [6.07, 6.45) is -4.55. The molecule has 0 fully saturated rings. The molecule has 9 heteroatoms. The highest BCUT2D eigenvalue weighted by molar-refractivity contribution is 7.99. The summed E-state index contributed by atoms with van der Waals surface area (Å²) in [5, 5.41) is 4.45. The summed E-state index contributed by atoms with van der Waals surface area (Å²) in [7, 11) is 1.70. The third-order valence-electron chi connectivity index (χ3n) is 2.13. The van der Waals surface area contributed by atoms with Crippen LogP contribution in [0.1, 0.15) is 11.4 Å². The van der Waals surface area contributed by atoms with Gasteiger partial charge in [0.25, 0.3) is 0 Å². The Balaban J connectivity index is 2.35. The molecule has 0 saturated heterocycles. The van der Waals surface area contributed by atoms with Crippen molar-refractivity contribution in [1.82, 2.24) is 19.7 Å². The quantitative estimate of drug-likeness (QED) is 0.630. The Kier molecular flexibility index (Phi) is 3.73. The molecule has 2 aromatic heterocycles. The number of rotatable bonds is 2. The molecule has 2 rings (SSSR count). The van der Waals surface area contributed by atoms with Crippen LogP contribution in [-0.4, -0.2) is 19.7 Å². The van der Waals surface area contributed by atoms with Crippen molar-refractivity contribution in [3.8, 4) is 0 Å². The number of halogens is 4. The van der Waals surface area contributed by atoms with E-state index in [0.29, 0.717) is 5.03 Å². The van der Waals surface area contributed by atoms with Crippen molar-refractivity contribution >= 4 is 23.4 Å². The Bertz CT molecular complexity index is 611. The fourth-order valence-corrected chi connectivity index (χ4v) is 2.54. The van der Waals surface area contributed by atoms with Gasteiger partial charge in [0, 0.05) is 13.1 Å². The lowest BCUT2D eigenvalue weighted by atomic mass is 10.4. The van der Waals surface area contributed by atoms with Gasteiger partial charge in [0.15, 0.2) is 5.69 Å². The smallest absolute Gasteiger partial charge is 0.261 e. The van der Waals surface area contributed by atoms with Crippen LogP contribution in [0.4, 0.5) is 13.2 Å². The maximum absolute atomic E-state index is 12.6. The average Bonchev–Trinajstić information content (AvgIpc) is 2.55. The highest BCUT2D eigenvalue weighted by atomic mass is 35.5. The molecule has 0 aliphatic heterocycles. The maximum atomic E-state index is 12.6. The number of aromatic nitrogens is 4. The highest BCUT2D eigenvalue weighted by Crippen LogP contribution is 2.33. The molecule has 0 N–H and O–H groups in total. The number of aryl methyl sites for hydroxylation is 2. The molecular formula is C10H8ClF3N4S. The van der Waals surface area contributed by atoms with Crippen molar-refractivity contribution in [3.05, 3.63) is 28.8 Å². The lowest BCUT2D eigenvalue weighted by Crippen LogP contribution is -2.09. The van der Waals surface area contributed by atoms with Gasteiger partial charge in [0.2, 0.25) is 5.28 Å². The SMILES string of the molecule is Cc1cc(Sc2cc(C(F)(F)F)nc(Cl)n2)n(C)n1. The molecule has 2 heterocycles. The summed E-state index contributed by atoms with van der Waals surface area (Å²) < 4.78 is 39.3. The fraction of sp³-hybridized carbons (Fsp3) is 0.300. The molecular weight excluding hydrogens is 301 g/mol. The summed E-state index contributed by atoms with van der Waals surface area (Å²) in [4.78, 5) is 6.94. The van der Waals surface area contributed by atoms with Crippen LogP contribution in [-0.2, 0) is 13.2 Å². The van der Waals surface area contributed by atoms with E-state index in [1.807, 2.05) is 0 Å². The second kappa shape index (κ2) is 5.01. The van der Waals surface area contributed by atoms with Crippen LogP contribution in [0.5, 0.6) is 0 Å². The monoisotopic (exact) mass is 308 g/mol. The van der Waals surface area contributed by atoms with Crippen molar-refractivity contribution in [3.63, 3.8) is 0 Å². The minimum Gasteiger partial charge on any atom is -0.261 e. The van der Waals surface area contributed by atoms with Crippen molar-refractivity contribution in [1.29, 1.82) is 0 Å². The fourth-order valence-electron chi connectivity index (χ4n) is 1.38. The van der Waals surface area contributed by atoms with Crippen LogP contribution in [0.15, 0.2) is 22.2 Å². The molecule has 102 valence electrons. The van der Waals surface area contributed by atoms with Gasteiger partial charge in [0.05, 0.1) is 5.69 Å². The second-order valence-corrected chi connectivity index (χ2v) is 5.09. The zero-order valence-corrected chi connectivity index (χ0v) is 11.4. The minimum absolute atomic E-state index is 0.121. The topological polar surface area (TPSA) is 43.6 Å². The van der Waals surface area contributed by atoms with E-state index in [4.69, 9.17) is 11.6 Å². The van der Waals surface area contributed by atoms with Crippen LogP contribution in [0.25, 0.3) is 0 Å². The Morgan fingerprint density at radius 2 is 1.95 bits per heavy atom. The molecule has 0 aliphatic carbocycles. The molecule has 0 bridgehead atoms. The van der Waals surface area contributed by atoms with E-state index < -0.39 is 17.2 Å². The maximum Gasteiger partial charge on any atom is 0.433 e. The van der Waals surface area contributed by atoms with Crippen LogP contribution in [0, 0.1) is 6.92 Å². The first-order chi connectivity index (χ1) is 8.75. The predicted octanol–water partition coefficient (Wildman–Crippen LogP) is 3.34. The lowest BCUT2D eigenvalue weighted by Gasteiger charge is -2.07. The molecule has 0 aromatic carbocycles. The van der Waals surface area contributed by atoms with Crippen LogP contribution < -0.4 is 0 Å². The first-order valence-electron chi connectivity index (χ1n) is 5.06. The molecule has 0 radical (unpaired) electrons. The Morgan fingerprint density at radius 1 is 1.26 bits per heavy atom. The van der Waals surface area contributed by atoms with Gasteiger partial charge in [-0.3, -0.25) is 4.68 Å². The summed E-state index contributed by atoms with van der Waals surface area (Å²) in [6.45, 7) is 1.79. The highest BCUT2D eigenvalue weighted by Gasteiger charge is 2.33. The van der Waals surface area contributed by atoms with Gasteiger partial charge >= 0.3 is 6.18 Å². The van der Waals surface area contributed by atoms with Crippen LogP contribution in [0.2, 0.25) is 5.28 Å². The number of hydrogen-bond acceptors (Lipinski definition) is 4. The Labute approximate surface area is 116 Å². The van der Waals surface area contributed by atoms with Gasteiger partial charge < -0.3 is 0 Å². The molecule has 2 aromatic rings. The Morgan fingerprint density at radius 3 is 2.47 bits per heavy atom. The number of alkyl halides is 3. The lowest BCUT2D eigenvalue weighted by molar-refractivity contribution is -0.141. The van der Waals surface area contributed by atoms with Gasteiger partial charge in [-0.2, -0.15) is 18.3 Å². The van der Waals surface area contributed by atoms with E-state index in [-0.39, 0.29) is 5.03 Å². The third kappa shape index (κ3) is 3.38. The van der Waals surface area contributed by atoms with Crippen LogP contribution in [0.3, 0.4) is 0 Å². The molecule has 0 amide bonds. The van der Waals surface area contributed by atoms with E-state index in [1.165, 1.54) is 0 Å². The van der Waals surface area contributed by atoms with E-state index in [9.17, 15) is 13.2 Å². The van der Waals surface area contributed by atoms with Crippen molar-refractivity contribution < 1.29 is 13.2 Å². The standard InChI is InChI=1S/C10H8ClF3N4S/c1-5-3-8(18(2)17-5)19-7-4-6(10(12,13)14)15-9(11)16-7/h3-4H,1-2H3. The molecule has 0 aliphatic rings. The summed E-state index contributed by atoms with van der Waals surface area (Å²) in [6, 6.07) is 2.60. The second-order valence-electron chi connectivity index (χ2n) is 3.71. The van der Waals surface area contributed by atoms with E-state index in [0.717, 1.165) is 23.5 Å². The predicted molar refractivity (Wildman–Crippen MR) is 64.1 cm³/mol. The molecule has 19 heavy (non-hydrogen) atoms. The van der Waals surface area contributed by atoms with Gasteiger partial charge in [-0.25, -0.2) is 9.97 Å². The molecule has 0 saturated carbocycles. The van der Waals surface area contributed by atoms with Gasteiger partial charge in [-0.15, -0.1) is 0 Å². The summed E-state index contributed by atoms with van der Waals surface area (Å²) in [5.74, 6) is 0.